The van der Waals surface area contributed by atoms with Gasteiger partial charge in [0.15, 0.2) is 17.5 Å². The Bertz CT molecular complexity index is 1400. The Balaban J connectivity index is 1.38. The Morgan fingerprint density at radius 1 is 1.20 bits per heavy atom. The van der Waals surface area contributed by atoms with Gasteiger partial charge in [0.1, 0.15) is 12.3 Å². The van der Waals surface area contributed by atoms with E-state index in [1.54, 1.807) is 44.6 Å². The molecule has 0 unspecified atom stereocenters. The molecule has 0 radical (unpaired) electrons. The van der Waals surface area contributed by atoms with Crippen molar-refractivity contribution in [2.75, 3.05) is 27.4 Å². The van der Waals surface area contributed by atoms with Gasteiger partial charge < -0.3 is 28.8 Å². The average molecular weight is 567 g/mol. The second-order valence-electron chi connectivity index (χ2n) is 9.11. The van der Waals surface area contributed by atoms with E-state index in [1.807, 2.05) is 17.5 Å². The summed E-state index contributed by atoms with van der Waals surface area (Å²) in [6, 6.07) is 11.4. The first kappa shape index (κ1) is 27.3. The highest BCUT2D eigenvalue weighted by Crippen LogP contribution is 2.31. The largest absolute Gasteiger partial charge is 0.493 e. The number of rotatable bonds is 12. The summed E-state index contributed by atoms with van der Waals surface area (Å²) in [6.45, 7) is 1.01. The molecule has 1 aliphatic rings. The van der Waals surface area contributed by atoms with Gasteiger partial charge >= 0.3 is 0 Å². The van der Waals surface area contributed by atoms with Crippen LogP contribution in [0.1, 0.15) is 29.5 Å². The van der Waals surface area contributed by atoms with Crippen molar-refractivity contribution in [2.24, 2.45) is 0 Å². The molecular weight excluding hydrogens is 536 g/mol. The van der Waals surface area contributed by atoms with Crippen molar-refractivity contribution in [3.63, 3.8) is 0 Å². The molecule has 5 rings (SSSR count). The normalized spacial score (nSPS) is 15.5. The molecule has 4 heterocycles. The van der Waals surface area contributed by atoms with Crippen molar-refractivity contribution >= 4 is 23.2 Å². The van der Waals surface area contributed by atoms with Gasteiger partial charge in [0.25, 0.3) is 5.91 Å². The minimum Gasteiger partial charge on any atom is -0.493 e. The fraction of sp³-hybridized carbons (Fsp3) is 0.370. The van der Waals surface area contributed by atoms with E-state index in [4.69, 9.17) is 18.6 Å². The number of methoxy groups -OCH3 is 2. The van der Waals surface area contributed by atoms with Crippen LogP contribution in [-0.4, -0.2) is 70.4 Å². The zero-order chi connectivity index (χ0) is 27.9. The van der Waals surface area contributed by atoms with Gasteiger partial charge in [-0.15, -0.1) is 21.5 Å². The molecule has 12 nitrogen and oxygen atoms in total. The van der Waals surface area contributed by atoms with Gasteiger partial charge in [-0.2, -0.15) is 4.80 Å². The van der Waals surface area contributed by atoms with Crippen LogP contribution < -0.4 is 14.8 Å². The van der Waals surface area contributed by atoms with Crippen molar-refractivity contribution in [1.29, 1.82) is 0 Å². The first-order valence-electron chi connectivity index (χ1n) is 12.8. The van der Waals surface area contributed by atoms with E-state index in [2.05, 4.69) is 20.7 Å². The standard InChI is InChI=1S/C27H30N6O6S/c1-36-21-10-9-18(14-23(21)37-2)26-29-31-33(30-26)17-24(34)32(16-20-7-5-13-40-20)25(22-8-4-12-39-22)27(35)28-15-19-6-3-11-38-19/h4-5,7-10,12-14,19,25H,3,6,11,15-17H2,1-2H3,(H,28,35)/t19-,25-/m1/s1. The highest BCUT2D eigenvalue weighted by atomic mass is 32.1. The molecule has 1 saturated heterocycles. The molecule has 40 heavy (non-hydrogen) atoms. The van der Waals surface area contributed by atoms with Crippen LogP contribution in [-0.2, 0) is 27.4 Å². The molecule has 0 saturated carbocycles. The SMILES string of the molecule is COc1ccc(-c2nnn(CC(=O)N(Cc3cccs3)[C@@H](C(=O)NC[C@H]3CCCO3)c3ccco3)n2)cc1OC. The number of hydrogen-bond donors (Lipinski definition) is 1. The van der Waals surface area contributed by atoms with E-state index < -0.39 is 6.04 Å². The maximum Gasteiger partial charge on any atom is 0.250 e. The van der Waals surface area contributed by atoms with Gasteiger partial charge in [-0.3, -0.25) is 9.59 Å². The number of hydrogen-bond acceptors (Lipinski definition) is 10. The summed E-state index contributed by atoms with van der Waals surface area (Å²) in [5.74, 6) is 1.03. The maximum atomic E-state index is 13.8. The van der Waals surface area contributed by atoms with E-state index in [9.17, 15) is 9.59 Å². The van der Waals surface area contributed by atoms with Crippen molar-refractivity contribution in [3.8, 4) is 22.9 Å². The third kappa shape index (κ3) is 6.32. The smallest absolute Gasteiger partial charge is 0.250 e. The summed E-state index contributed by atoms with van der Waals surface area (Å²) >= 11 is 1.49. The molecule has 210 valence electrons. The lowest BCUT2D eigenvalue weighted by molar-refractivity contribution is -0.143. The Hall–Kier alpha value is -4.23. The van der Waals surface area contributed by atoms with Crippen molar-refractivity contribution < 1.29 is 28.2 Å². The van der Waals surface area contributed by atoms with E-state index in [0.717, 1.165) is 17.7 Å². The third-order valence-corrected chi connectivity index (χ3v) is 7.36. The fourth-order valence-electron chi connectivity index (χ4n) is 4.49. The summed E-state index contributed by atoms with van der Waals surface area (Å²) in [5.41, 5.74) is 0.647. The highest BCUT2D eigenvalue weighted by Gasteiger charge is 2.35. The van der Waals surface area contributed by atoms with Crippen molar-refractivity contribution in [1.82, 2.24) is 30.4 Å². The topological polar surface area (TPSA) is 134 Å². The number of carbonyl (C=O) groups excluding carboxylic acids is 2. The Labute approximate surface area is 234 Å². The first-order chi connectivity index (χ1) is 19.6. The van der Waals surface area contributed by atoms with E-state index in [1.165, 1.54) is 27.3 Å². The molecule has 3 aromatic heterocycles. The van der Waals surface area contributed by atoms with Gasteiger partial charge in [-0.1, -0.05) is 6.07 Å². The molecule has 0 bridgehead atoms. The Kier molecular flexibility index (Phi) is 8.71. The number of thiophene rings is 1. The number of ether oxygens (including phenoxy) is 3. The fourth-order valence-corrected chi connectivity index (χ4v) is 5.20. The zero-order valence-electron chi connectivity index (χ0n) is 22.2. The van der Waals surface area contributed by atoms with Crippen LogP contribution >= 0.6 is 11.3 Å². The summed E-state index contributed by atoms with van der Waals surface area (Å²) in [6.07, 6.45) is 3.28. The third-order valence-electron chi connectivity index (χ3n) is 6.50. The minimum atomic E-state index is -1.00. The van der Waals surface area contributed by atoms with Crippen LogP contribution in [0.5, 0.6) is 11.5 Å². The second kappa shape index (κ2) is 12.7. The molecular formula is C27H30N6O6S. The number of aromatic nitrogens is 4. The summed E-state index contributed by atoms with van der Waals surface area (Å²) in [7, 11) is 3.09. The van der Waals surface area contributed by atoms with E-state index in [-0.39, 0.29) is 31.0 Å². The van der Waals surface area contributed by atoms with Crippen LogP contribution in [0.2, 0.25) is 0 Å². The molecule has 4 aromatic rings. The lowest BCUT2D eigenvalue weighted by atomic mass is 10.1. The van der Waals surface area contributed by atoms with Gasteiger partial charge in [0.05, 0.1) is 33.1 Å². The average Bonchev–Trinajstić information content (AvgIpc) is 3.80. The number of nitrogens with one attached hydrogen (secondary N) is 1. The summed E-state index contributed by atoms with van der Waals surface area (Å²) in [5, 5.41) is 17.5. The second-order valence-corrected chi connectivity index (χ2v) is 10.1. The van der Waals surface area contributed by atoms with Gasteiger partial charge in [-0.25, -0.2) is 0 Å². The van der Waals surface area contributed by atoms with Crippen molar-refractivity contribution in [3.05, 3.63) is 64.7 Å². The molecule has 1 aromatic carbocycles. The molecule has 1 fully saturated rings. The number of carbonyl (C=O) groups is 2. The molecule has 0 spiro atoms. The highest BCUT2D eigenvalue weighted by molar-refractivity contribution is 7.09. The maximum absolute atomic E-state index is 13.8. The number of furan rings is 1. The number of nitrogens with zero attached hydrogens (tertiary/aromatic N) is 5. The van der Waals surface area contributed by atoms with Crippen LogP contribution in [0, 0.1) is 0 Å². The van der Waals surface area contributed by atoms with Crippen molar-refractivity contribution in [2.45, 2.75) is 38.1 Å². The van der Waals surface area contributed by atoms with Crippen LogP contribution in [0.25, 0.3) is 11.4 Å². The van der Waals surface area contributed by atoms with Crippen LogP contribution in [0.15, 0.2) is 58.5 Å². The van der Waals surface area contributed by atoms with Crippen LogP contribution in [0.3, 0.4) is 0 Å². The molecule has 0 aliphatic carbocycles. The van der Waals surface area contributed by atoms with E-state index in [0.29, 0.717) is 41.8 Å². The lowest BCUT2D eigenvalue weighted by Gasteiger charge is -2.29. The summed E-state index contributed by atoms with van der Waals surface area (Å²) in [4.78, 5) is 30.9. The van der Waals surface area contributed by atoms with E-state index >= 15 is 0 Å². The quantitative estimate of drug-likeness (QED) is 0.275. The predicted molar refractivity (Wildman–Crippen MR) is 145 cm³/mol. The molecule has 1 N–H and O–H groups in total. The van der Waals surface area contributed by atoms with Crippen LogP contribution in [0.4, 0.5) is 0 Å². The number of tetrazole rings is 1. The molecule has 2 amide bonds. The Morgan fingerprint density at radius 3 is 2.77 bits per heavy atom. The van der Waals surface area contributed by atoms with Gasteiger partial charge in [-0.05, 0) is 59.8 Å². The molecule has 1 aliphatic heterocycles. The summed E-state index contributed by atoms with van der Waals surface area (Å²) < 4.78 is 21.9. The minimum absolute atomic E-state index is 0.0444. The van der Waals surface area contributed by atoms with Gasteiger partial charge in [0, 0.05) is 23.6 Å². The zero-order valence-corrected chi connectivity index (χ0v) is 23.0. The Morgan fingerprint density at radius 2 is 2.08 bits per heavy atom. The monoisotopic (exact) mass is 566 g/mol. The predicted octanol–water partition coefficient (Wildman–Crippen LogP) is 3.08. The number of benzene rings is 1. The van der Waals surface area contributed by atoms with Gasteiger partial charge in [0.2, 0.25) is 11.7 Å². The molecule has 13 heteroatoms. The lowest BCUT2D eigenvalue weighted by Crippen LogP contribution is -2.46. The molecule has 2 atom stereocenters. The number of amides is 2. The first-order valence-corrected chi connectivity index (χ1v) is 13.7.